The van der Waals surface area contributed by atoms with Gasteiger partial charge in [0.25, 0.3) is 0 Å². The third-order valence-electron chi connectivity index (χ3n) is 3.67. The van der Waals surface area contributed by atoms with Crippen LogP contribution in [0.1, 0.15) is 43.0 Å². The van der Waals surface area contributed by atoms with Crippen molar-refractivity contribution >= 4 is 17.5 Å². The number of nitro groups is 1. The van der Waals surface area contributed by atoms with E-state index in [1.165, 1.54) is 0 Å². The molecule has 1 fully saturated rings. The van der Waals surface area contributed by atoms with Crippen LogP contribution in [-0.4, -0.2) is 27.0 Å². The molecule has 0 spiro atoms. The number of aromatic carboxylic acids is 1. The van der Waals surface area contributed by atoms with Crippen molar-refractivity contribution in [2.24, 2.45) is 5.92 Å². The van der Waals surface area contributed by atoms with Crippen LogP contribution in [0.15, 0.2) is 12.3 Å². The molecule has 0 bridgehead atoms. The van der Waals surface area contributed by atoms with Gasteiger partial charge < -0.3 is 10.4 Å². The Morgan fingerprint density at radius 2 is 2.10 bits per heavy atom. The number of carboxylic acids is 1. The van der Waals surface area contributed by atoms with Gasteiger partial charge in [-0.15, -0.1) is 0 Å². The second kappa shape index (κ2) is 5.85. The average Bonchev–Trinajstić information content (AvgIpc) is 2.41. The first kappa shape index (κ1) is 14.2. The molecule has 0 radical (unpaired) electrons. The van der Waals surface area contributed by atoms with Crippen LogP contribution in [0.3, 0.4) is 0 Å². The zero-order valence-electron chi connectivity index (χ0n) is 11.2. The Labute approximate surface area is 116 Å². The van der Waals surface area contributed by atoms with Gasteiger partial charge in [0.05, 0.1) is 10.5 Å². The summed E-state index contributed by atoms with van der Waals surface area (Å²) >= 11 is 0. The number of carboxylic acid groups (broad SMARTS) is 1. The van der Waals surface area contributed by atoms with E-state index >= 15 is 0 Å². The van der Waals surface area contributed by atoms with Gasteiger partial charge in [-0.2, -0.15) is 0 Å². The zero-order chi connectivity index (χ0) is 14.7. The summed E-state index contributed by atoms with van der Waals surface area (Å²) in [5, 5.41) is 22.9. The van der Waals surface area contributed by atoms with Crippen LogP contribution >= 0.6 is 0 Å². The summed E-state index contributed by atoms with van der Waals surface area (Å²) in [5.41, 5.74) is -0.469. The third kappa shape index (κ3) is 3.23. The van der Waals surface area contributed by atoms with Gasteiger partial charge in [-0.25, -0.2) is 9.78 Å². The fourth-order valence-corrected chi connectivity index (χ4v) is 2.42. The monoisotopic (exact) mass is 279 g/mol. The maximum absolute atomic E-state index is 11.0. The number of hydrogen-bond acceptors (Lipinski definition) is 5. The van der Waals surface area contributed by atoms with Crippen LogP contribution in [0.2, 0.25) is 0 Å². The lowest BCUT2D eigenvalue weighted by molar-refractivity contribution is -0.384. The zero-order valence-corrected chi connectivity index (χ0v) is 11.2. The average molecular weight is 279 g/mol. The lowest BCUT2D eigenvalue weighted by Crippen LogP contribution is -2.26. The van der Waals surface area contributed by atoms with E-state index in [0.29, 0.717) is 5.92 Å². The minimum absolute atomic E-state index is 0.152. The van der Waals surface area contributed by atoms with Crippen molar-refractivity contribution < 1.29 is 14.8 Å². The van der Waals surface area contributed by atoms with Gasteiger partial charge in [-0.1, -0.05) is 6.92 Å². The van der Waals surface area contributed by atoms with Gasteiger partial charge in [0.1, 0.15) is 0 Å². The molecule has 108 valence electrons. The number of carbonyl (C=O) groups is 1. The highest BCUT2D eigenvalue weighted by Crippen LogP contribution is 2.29. The summed E-state index contributed by atoms with van der Waals surface area (Å²) in [7, 11) is 0. The number of hydrogen-bond donors (Lipinski definition) is 2. The molecule has 7 nitrogen and oxygen atoms in total. The van der Waals surface area contributed by atoms with Crippen LogP contribution in [0.5, 0.6) is 0 Å². The van der Waals surface area contributed by atoms with E-state index in [1.54, 1.807) is 0 Å². The van der Waals surface area contributed by atoms with Gasteiger partial charge in [0, 0.05) is 18.3 Å². The highest BCUT2D eigenvalue weighted by Gasteiger charge is 2.23. The minimum Gasteiger partial charge on any atom is -0.478 e. The fourth-order valence-electron chi connectivity index (χ4n) is 2.42. The van der Waals surface area contributed by atoms with Gasteiger partial charge in [-0.3, -0.25) is 10.1 Å². The molecule has 0 amide bonds. The van der Waals surface area contributed by atoms with Gasteiger partial charge in [-0.05, 0) is 31.6 Å². The van der Waals surface area contributed by atoms with E-state index in [2.05, 4.69) is 17.2 Å². The Kier molecular flexibility index (Phi) is 4.16. The van der Waals surface area contributed by atoms with Crippen molar-refractivity contribution in [3.63, 3.8) is 0 Å². The fraction of sp³-hybridized carbons (Fsp3) is 0.538. The SMILES string of the molecule is CC1CCC(Nc2ncc(C(=O)O)cc2[N+](=O)[O-])CC1. The first-order chi connectivity index (χ1) is 9.47. The maximum Gasteiger partial charge on any atom is 0.337 e. The molecule has 0 aliphatic heterocycles. The molecule has 1 aromatic rings. The molecule has 20 heavy (non-hydrogen) atoms. The molecule has 0 atom stereocenters. The molecular weight excluding hydrogens is 262 g/mol. The highest BCUT2D eigenvalue weighted by molar-refractivity contribution is 5.88. The van der Waals surface area contributed by atoms with Crippen LogP contribution in [-0.2, 0) is 0 Å². The quantitative estimate of drug-likeness (QED) is 0.648. The van der Waals surface area contributed by atoms with E-state index in [4.69, 9.17) is 5.11 Å². The van der Waals surface area contributed by atoms with Gasteiger partial charge >= 0.3 is 11.7 Å². The Morgan fingerprint density at radius 3 is 2.65 bits per heavy atom. The van der Waals surface area contributed by atoms with Crippen molar-refractivity contribution in [3.05, 3.63) is 27.9 Å². The molecule has 1 aromatic heterocycles. The number of nitrogens with one attached hydrogen (secondary N) is 1. The van der Waals surface area contributed by atoms with E-state index in [9.17, 15) is 14.9 Å². The Morgan fingerprint density at radius 1 is 1.45 bits per heavy atom. The second-order valence-corrected chi connectivity index (χ2v) is 5.26. The molecule has 1 aliphatic carbocycles. The normalized spacial score (nSPS) is 22.2. The predicted molar refractivity (Wildman–Crippen MR) is 72.9 cm³/mol. The van der Waals surface area contributed by atoms with Crippen LogP contribution in [0.25, 0.3) is 0 Å². The number of rotatable bonds is 4. The van der Waals surface area contributed by atoms with Gasteiger partial charge in [0.15, 0.2) is 0 Å². The number of anilines is 1. The number of pyridine rings is 1. The minimum atomic E-state index is -1.22. The molecule has 2 N–H and O–H groups in total. The largest absolute Gasteiger partial charge is 0.478 e. The Balaban J connectivity index is 2.18. The highest BCUT2D eigenvalue weighted by atomic mass is 16.6. The molecule has 0 saturated heterocycles. The predicted octanol–water partition coefficient (Wildman–Crippen LogP) is 2.68. The van der Waals surface area contributed by atoms with Crippen molar-refractivity contribution in [2.75, 3.05) is 5.32 Å². The maximum atomic E-state index is 11.0. The van der Waals surface area contributed by atoms with Crippen molar-refractivity contribution in [2.45, 2.75) is 38.6 Å². The molecule has 1 aliphatic rings. The molecule has 1 heterocycles. The van der Waals surface area contributed by atoms with Crippen molar-refractivity contribution in [1.82, 2.24) is 4.98 Å². The summed E-state index contributed by atoms with van der Waals surface area (Å²) in [4.78, 5) is 25.1. The summed E-state index contributed by atoms with van der Waals surface area (Å²) < 4.78 is 0. The molecule has 1 saturated carbocycles. The lowest BCUT2D eigenvalue weighted by atomic mass is 9.87. The molecule has 7 heteroatoms. The Hall–Kier alpha value is -2.18. The summed E-state index contributed by atoms with van der Waals surface area (Å²) in [5.74, 6) is -0.386. The van der Waals surface area contributed by atoms with Gasteiger partial charge in [0.2, 0.25) is 5.82 Å². The first-order valence-electron chi connectivity index (χ1n) is 6.61. The Bertz CT molecular complexity index is 524. The van der Waals surface area contributed by atoms with Crippen molar-refractivity contribution in [3.8, 4) is 0 Å². The van der Waals surface area contributed by atoms with E-state index < -0.39 is 10.9 Å². The summed E-state index contributed by atoms with van der Waals surface area (Å²) in [6.45, 7) is 2.19. The van der Waals surface area contributed by atoms with Crippen molar-refractivity contribution in [1.29, 1.82) is 0 Å². The van der Waals surface area contributed by atoms with Crippen LogP contribution in [0.4, 0.5) is 11.5 Å². The van der Waals surface area contributed by atoms with E-state index in [0.717, 1.165) is 37.9 Å². The smallest absolute Gasteiger partial charge is 0.337 e. The lowest BCUT2D eigenvalue weighted by Gasteiger charge is -2.27. The molecular formula is C13H17N3O4. The molecule has 0 unspecified atom stereocenters. The summed E-state index contributed by atoms with van der Waals surface area (Å²) in [6, 6.07) is 1.21. The second-order valence-electron chi connectivity index (χ2n) is 5.26. The summed E-state index contributed by atoms with van der Waals surface area (Å²) in [6.07, 6.45) is 5.20. The van der Waals surface area contributed by atoms with Crippen LogP contribution in [0, 0.1) is 16.0 Å². The number of aromatic nitrogens is 1. The van der Waals surface area contributed by atoms with E-state index in [1.807, 2.05) is 0 Å². The van der Waals surface area contributed by atoms with E-state index in [-0.39, 0.29) is 23.1 Å². The first-order valence-corrected chi connectivity index (χ1v) is 6.61. The van der Waals surface area contributed by atoms with Crippen LogP contribution < -0.4 is 5.32 Å². The number of nitrogens with zero attached hydrogens (tertiary/aromatic N) is 2. The topological polar surface area (TPSA) is 105 Å². The molecule has 2 rings (SSSR count). The standard InChI is InChI=1S/C13H17N3O4/c1-8-2-4-10(5-3-8)15-12-11(16(19)20)6-9(7-14-12)13(17)18/h6-8,10H,2-5H2,1H3,(H,14,15)(H,17,18). The third-order valence-corrected chi connectivity index (χ3v) is 3.67. The molecule has 0 aromatic carbocycles.